The smallest absolute Gasteiger partial charge is 0.356 e. The molecule has 2 amide bonds. The zero-order valence-corrected chi connectivity index (χ0v) is 44.9. The maximum Gasteiger partial charge on any atom is 0.356 e. The Balaban J connectivity index is 1.00. The molecule has 2 aliphatic rings. The number of aromatic amines is 1. The summed E-state index contributed by atoms with van der Waals surface area (Å²) in [7, 11) is 1.31. The van der Waals surface area contributed by atoms with Crippen molar-refractivity contribution in [2.24, 2.45) is 5.16 Å². The Kier molecular flexibility index (Phi) is 17.9. The molecule has 7 aromatic rings. The first-order chi connectivity index (χ1) is 38.1. The van der Waals surface area contributed by atoms with Crippen molar-refractivity contribution in [3.63, 3.8) is 0 Å². The van der Waals surface area contributed by atoms with Gasteiger partial charge < -0.3 is 34.8 Å². The fraction of sp³-hybridized carbons (Fsp3) is 0.228. The maximum atomic E-state index is 14.8. The van der Waals surface area contributed by atoms with Gasteiger partial charge in [-0.15, -0.1) is 28.2 Å². The highest BCUT2D eigenvalue weighted by Crippen LogP contribution is 2.43. The molecule has 78 heavy (non-hydrogen) atoms. The summed E-state index contributed by atoms with van der Waals surface area (Å²) in [4.78, 5) is 80.9. The molecule has 18 nitrogen and oxygen atoms in total. The third-order valence-corrected chi connectivity index (χ3v) is 15.5. The molecule has 0 saturated carbocycles. The van der Waals surface area contributed by atoms with Crippen molar-refractivity contribution in [3.05, 3.63) is 234 Å². The van der Waals surface area contributed by atoms with Gasteiger partial charge in [-0.3, -0.25) is 28.6 Å². The number of nitrogens with zero attached hydrogens (tertiary/aromatic N) is 5. The summed E-state index contributed by atoms with van der Waals surface area (Å²) in [5, 5.41) is 30.9. The maximum absolute atomic E-state index is 14.8. The lowest BCUT2D eigenvalue weighted by Gasteiger charge is -2.49. The molecule has 400 valence electrons. The Morgan fingerprint density at radius 1 is 0.846 bits per heavy atom. The van der Waals surface area contributed by atoms with Crippen LogP contribution in [0.2, 0.25) is 0 Å². The summed E-state index contributed by atoms with van der Waals surface area (Å²) in [6.07, 6.45) is -1.73. The Hall–Kier alpha value is -7.92. The van der Waals surface area contributed by atoms with E-state index in [1.165, 1.54) is 35.1 Å². The number of anilines is 1. The van der Waals surface area contributed by atoms with Gasteiger partial charge in [0.25, 0.3) is 11.8 Å². The number of hydrogen-bond donors (Lipinski definition) is 4. The summed E-state index contributed by atoms with van der Waals surface area (Å²) in [6, 6.07) is 47.2. The van der Waals surface area contributed by atoms with E-state index in [-0.39, 0.29) is 47.8 Å². The topological polar surface area (TPSA) is 229 Å². The van der Waals surface area contributed by atoms with Crippen LogP contribution in [-0.2, 0) is 45.5 Å². The summed E-state index contributed by atoms with van der Waals surface area (Å²) < 4.78 is 18.4. The van der Waals surface area contributed by atoms with Crippen LogP contribution in [-0.4, -0.2) is 103 Å². The summed E-state index contributed by atoms with van der Waals surface area (Å²) >= 11 is 3.48. The number of amides is 2. The normalized spacial score (nSPS) is 16.0. The summed E-state index contributed by atoms with van der Waals surface area (Å²) in [6.45, 7) is 3.50. The molecule has 21 heteroatoms. The molecule has 0 radical (unpaired) electrons. The van der Waals surface area contributed by atoms with Crippen LogP contribution in [0.3, 0.4) is 0 Å². The van der Waals surface area contributed by atoms with Crippen molar-refractivity contribution in [2.45, 2.75) is 61.0 Å². The van der Waals surface area contributed by atoms with E-state index >= 15 is 0 Å². The molecule has 1 fully saturated rings. The standard InChI is InChI=1S/C57H54N8O10S3/c1-4-73-54(74-5-2)43(66)33-64-51(70)49(68)61-62-56(64)76-32-31-38-34-77-52-45(50(69)65(52)46(38)53(71)75-47(36-21-11-6-12-22-36)37-23-13-7-14-24-37)59-48(67)44(63-72-3)42-35-78-55(58-42)60-57(39-25-15-8-16-26-39,40-27-17-9-18-28-40)41-29-19-10-20-30-41/h6-32,35,43,45,47,52,54,66H,4-5,33-34H2,1-3H3,(H,58,60)(H,59,67)(H,61,68)/b32-31+,63-44+. The van der Waals surface area contributed by atoms with Crippen molar-refractivity contribution in [1.29, 1.82) is 0 Å². The number of benzene rings is 5. The molecule has 1 saturated heterocycles. The highest BCUT2D eigenvalue weighted by Gasteiger charge is 2.55. The van der Waals surface area contributed by atoms with Crippen LogP contribution in [0.1, 0.15) is 53.5 Å². The Bertz CT molecular complexity index is 3280. The Morgan fingerprint density at radius 2 is 1.40 bits per heavy atom. The minimum absolute atomic E-state index is 0.00295. The van der Waals surface area contributed by atoms with Crippen molar-refractivity contribution in [1.82, 2.24) is 30.0 Å². The van der Waals surface area contributed by atoms with E-state index in [4.69, 9.17) is 24.0 Å². The molecular weight excluding hydrogens is 1050 g/mol. The number of aliphatic hydroxyl groups is 1. The van der Waals surface area contributed by atoms with E-state index in [1.54, 1.807) is 30.7 Å². The van der Waals surface area contributed by atoms with Crippen molar-refractivity contribution < 1.29 is 38.5 Å². The molecular formula is C57H54N8O10S3. The number of carbonyl (C=O) groups is 3. The number of rotatable bonds is 23. The van der Waals surface area contributed by atoms with Crippen molar-refractivity contribution >= 4 is 63.5 Å². The van der Waals surface area contributed by atoms with E-state index in [0.29, 0.717) is 21.8 Å². The lowest BCUT2D eigenvalue weighted by molar-refractivity contribution is -0.192. The number of thiazole rings is 1. The van der Waals surface area contributed by atoms with Gasteiger partial charge in [-0.25, -0.2) is 14.9 Å². The molecule has 4 heterocycles. The molecule has 0 bridgehead atoms. The van der Waals surface area contributed by atoms with Crippen LogP contribution in [0, 0.1) is 0 Å². The predicted octanol–water partition coefficient (Wildman–Crippen LogP) is 7.20. The largest absolute Gasteiger partial charge is 0.448 e. The van der Waals surface area contributed by atoms with E-state index in [2.05, 4.69) is 26.0 Å². The lowest BCUT2D eigenvalue weighted by atomic mass is 9.77. The average Bonchev–Trinajstić information content (AvgIpc) is 4.01. The first kappa shape index (κ1) is 54.9. The number of carbonyl (C=O) groups excluding carboxylic acids is 3. The number of fused-ring (bicyclic) bond motifs is 1. The second-order valence-electron chi connectivity index (χ2n) is 17.5. The summed E-state index contributed by atoms with van der Waals surface area (Å²) in [5.74, 6) is -2.00. The third-order valence-electron chi connectivity index (χ3n) is 12.7. The molecule has 4 N–H and O–H groups in total. The fourth-order valence-corrected chi connectivity index (χ4v) is 11.9. The minimum Gasteiger partial charge on any atom is -0.448 e. The number of aliphatic hydroxyl groups excluding tert-OH is 1. The zero-order chi connectivity index (χ0) is 54.6. The first-order valence-electron chi connectivity index (χ1n) is 24.8. The Labute approximate surface area is 461 Å². The highest BCUT2D eigenvalue weighted by atomic mass is 32.2. The number of esters is 1. The van der Waals surface area contributed by atoms with E-state index in [1.807, 2.05) is 152 Å². The quantitative estimate of drug-likeness (QED) is 0.00726. The van der Waals surface area contributed by atoms with Crippen LogP contribution < -0.4 is 21.8 Å². The van der Waals surface area contributed by atoms with Gasteiger partial charge in [-0.1, -0.05) is 169 Å². The number of hydrogen-bond acceptors (Lipinski definition) is 17. The lowest BCUT2D eigenvalue weighted by Crippen LogP contribution is -2.71. The number of allylic oxidation sites excluding steroid dienone is 1. The third kappa shape index (κ3) is 11.8. The van der Waals surface area contributed by atoms with Crippen LogP contribution in [0.4, 0.5) is 5.13 Å². The fourth-order valence-electron chi connectivity index (χ4n) is 9.11. The number of H-pyrrole nitrogens is 1. The van der Waals surface area contributed by atoms with Gasteiger partial charge in [0.1, 0.15) is 41.6 Å². The number of β-lactam (4-membered cyclic amide) rings is 1. The molecule has 3 unspecified atom stereocenters. The van der Waals surface area contributed by atoms with E-state index in [0.717, 1.165) is 33.0 Å². The number of nitrogens with one attached hydrogen (secondary N) is 3. The first-order valence-corrected chi connectivity index (χ1v) is 27.6. The van der Waals surface area contributed by atoms with Crippen LogP contribution in [0.5, 0.6) is 0 Å². The second-order valence-corrected chi connectivity index (χ2v) is 20.3. The minimum atomic E-state index is -1.35. The number of aromatic nitrogens is 4. The van der Waals surface area contributed by atoms with Gasteiger partial charge in [-0.2, -0.15) is 0 Å². The number of ether oxygens (including phenoxy) is 3. The number of oxime groups is 1. The molecule has 0 aliphatic carbocycles. The molecule has 9 rings (SSSR count). The van der Waals surface area contributed by atoms with E-state index < -0.39 is 64.4 Å². The molecule has 3 atom stereocenters. The van der Waals surface area contributed by atoms with Gasteiger partial charge >= 0.3 is 17.1 Å². The van der Waals surface area contributed by atoms with Gasteiger partial charge in [0.2, 0.25) is 0 Å². The number of thioether (sulfide) groups is 2. The van der Waals surface area contributed by atoms with Crippen molar-refractivity contribution in [2.75, 3.05) is 31.4 Å². The average molecular weight is 1110 g/mol. The predicted molar refractivity (Wildman–Crippen MR) is 299 cm³/mol. The van der Waals surface area contributed by atoms with E-state index in [9.17, 15) is 29.1 Å². The summed E-state index contributed by atoms with van der Waals surface area (Å²) in [5.41, 5.74) is 1.63. The zero-order valence-electron chi connectivity index (χ0n) is 42.5. The monoisotopic (exact) mass is 1110 g/mol. The van der Waals surface area contributed by atoms with Gasteiger partial charge in [-0.05, 0) is 58.7 Å². The molecule has 2 aliphatic heterocycles. The van der Waals surface area contributed by atoms with Crippen LogP contribution in [0.15, 0.2) is 200 Å². The van der Waals surface area contributed by atoms with Crippen LogP contribution >= 0.6 is 34.9 Å². The van der Waals surface area contributed by atoms with Gasteiger partial charge in [0.15, 0.2) is 28.4 Å². The van der Waals surface area contributed by atoms with Crippen molar-refractivity contribution in [3.8, 4) is 0 Å². The highest BCUT2D eigenvalue weighted by molar-refractivity contribution is 8.02. The van der Waals surface area contributed by atoms with Crippen LogP contribution in [0.25, 0.3) is 0 Å². The second kappa shape index (κ2) is 25.5. The van der Waals surface area contributed by atoms with Gasteiger partial charge in [0, 0.05) is 24.3 Å². The molecule has 5 aromatic carbocycles. The Morgan fingerprint density at radius 3 is 1.94 bits per heavy atom. The molecule has 2 aromatic heterocycles. The molecule has 0 spiro atoms. The SMILES string of the molecule is CCOC(OCC)C(O)Cn1c(S/C=C/C2=C(C(=O)OC(c3ccccc3)c3ccccc3)N3C(=O)C(NC(=O)/C(=N/OC)c4csc(NC(c5ccccc5)(c5ccccc5)c5ccccc5)n4)C3SC2)n[nH]c(=O)c1=O. The van der Waals surface area contributed by atoms with Gasteiger partial charge in [0.05, 0.1) is 6.54 Å².